The quantitative estimate of drug-likeness (QED) is 0.507. The van der Waals surface area contributed by atoms with Gasteiger partial charge in [-0.15, -0.1) is 0 Å². The fourth-order valence-electron chi connectivity index (χ4n) is 4.19. The number of amides is 3. The summed E-state index contributed by atoms with van der Waals surface area (Å²) in [6.07, 6.45) is -0.441. The normalized spacial score (nSPS) is 14.0. The van der Waals surface area contributed by atoms with Crippen molar-refractivity contribution in [2.45, 2.75) is 52.9 Å². The van der Waals surface area contributed by atoms with Gasteiger partial charge in [0.1, 0.15) is 17.1 Å². The summed E-state index contributed by atoms with van der Waals surface area (Å²) in [5.41, 5.74) is 2.44. The van der Waals surface area contributed by atoms with Crippen LogP contribution < -0.4 is 4.90 Å². The smallest absolute Gasteiger partial charge is 0.410 e. The monoisotopic (exact) mass is 498 g/mol. The van der Waals surface area contributed by atoms with E-state index in [0.717, 1.165) is 22.3 Å². The number of aromatic amines is 1. The first-order valence-electron chi connectivity index (χ1n) is 11.5. The van der Waals surface area contributed by atoms with Crippen molar-refractivity contribution >= 4 is 46.1 Å². The zero-order chi connectivity index (χ0) is 25.7. The molecule has 3 heterocycles. The molecule has 0 bridgehead atoms. The summed E-state index contributed by atoms with van der Waals surface area (Å²) in [7, 11) is 3.36. The van der Waals surface area contributed by atoms with Crippen molar-refractivity contribution in [2.24, 2.45) is 0 Å². The molecule has 10 heteroatoms. The van der Waals surface area contributed by atoms with Crippen LogP contribution in [0.2, 0.25) is 5.02 Å². The third kappa shape index (κ3) is 4.60. The van der Waals surface area contributed by atoms with Crippen molar-refractivity contribution in [1.29, 1.82) is 0 Å². The van der Waals surface area contributed by atoms with Gasteiger partial charge in [-0.05, 0) is 45.9 Å². The van der Waals surface area contributed by atoms with E-state index in [1.807, 2.05) is 56.5 Å². The number of hydrogen-bond acceptors (Lipinski definition) is 4. The Morgan fingerprint density at radius 1 is 1.31 bits per heavy atom. The molecule has 2 aromatic heterocycles. The fraction of sp³-hybridized carbons (Fsp3) is 0.400. The van der Waals surface area contributed by atoms with Gasteiger partial charge in [-0.3, -0.25) is 9.80 Å². The highest BCUT2D eigenvalue weighted by atomic mass is 35.5. The van der Waals surface area contributed by atoms with Crippen LogP contribution in [0, 0.1) is 0 Å². The summed E-state index contributed by atoms with van der Waals surface area (Å²) in [6.45, 7) is 12.8. The van der Waals surface area contributed by atoms with E-state index in [-0.39, 0.29) is 12.6 Å². The van der Waals surface area contributed by atoms with E-state index in [9.17, 15) is 9.59 Å². The molecular formula is C25H31ClN6O3. The van der Waals surface area contributed by atoms with Gasteiger partial charge >= 0.3 is 12.1 Å². The molecule has 0 atom stereocenters. The summed E-state index contributed by atoms with van der Waals surface area (Å²) in [6, 6.07) is 7.38. The van der Waals surface area contributed by atoms with Crippen molar-refractivity contribution in [2.75, 3.05) is 19.0 Å². The largest absolute Gasteiger partial charge is 0.444 e. The number of carbonyl (C=O) groups is 2. The van der Waals surface area contributed by atoms with Gasteiger partial charge in [0, 0.05) is 42.3 Å². The molecule has 0 saturated carbocycles. The summed E-state index contributed by atoms with van der Waals surface area (Å²) >= 11 is 6.33. The number of H-pyrrole nitrogens is 1. The molecule has 0 fully saturated rings. The third-order valence-electron chi connectivity index (χ3n) is 5.86. The van der Waals surface area contributed by atoms with Gasteiger partial charge in [0.05, 0.1) is 18.8 Å². The Labute approximate surface area is 209 Å². The van der Waals surface area contributed by atoms with Crippen LogP contribution in [0.1, 0.15) is 44.9 Å². The Balaban J connectivity index is 1.64. The molecule has 1 aliphatic heterocycles. The Kier molecular flexibility index (Phi) is 6.31. The standard InChI is InChI=1S/C25H31ClN6O3/c1-8-31-20(14-29(6)24(34)35-25(3,4)5)28-22-21(31)15(2)32(23(33)30(22)7)13-16-12-17-18(26)10-9-11-19(17)27-16/h9-12,27H,2,8,13-14H2,1,3-7H3. The van der Waals surface area contributed by atoms with Gasteiger partial charge in [0.15, 0.2) is 5.82 Å². The highest BCUT2D eigenvalue weighted by molar-refractivity contribution is 6.35. The molecular weight excluding hydrogens is 468 g/mol. The molecule has 1 aliphatic rings. The van der Waals surface area contributed by atoms with Gasteiger partial charge in [0.2, 0.25) is 0 Å². The number of benzene rings is 1. The predicted molar refractivity (Wildman–Crippen MR) is 137 cm³/mol. The zero-order valence-electron chi connectivity index (χ0n) is 21.0. The lowest BCUT2D eigenvalue weighted by molar-refractivity contribution is 0.0279. The van der Waals surface area contributed by atoms with Crippen LogP contribution in [0.25, 0.3) is 16.6 Å². The van der Waals surface area contributed by atoms with E-state index in [4.69, 9.17) is 21.3 Å². The molecule has 4 rings (SSSR count). The van der Waals surface area contributed by atoms with Crippen molar-refractivity contribution < 1.29 is 14.3 Å². The molecule has 0 saturated heterocycles. The molecule has 1 aromatic carbocycles. The first kappa shape index (κ1) is 24.7. The number of fused-ring (bicyclic) bond motifs is 2. The van der Waals surface area contributed by atoms with Crippen molar-refractivity contribution in [3.8, 4) is 0 Å². The van der Waals surface area contributed by atoms with Gasteiger partial charge in [-0.2, -0.15) is 0 Å². The Hall–Kier alpha value is -3.46. The molecule has 0 radical (unpaired) electrons. The number of aromatic nitrogens is 3. The summed E-state index contributed by atoms with van der Waals surface area (Å²) in [5.74, 6) is 1.16. The van der Waals surface area contributed by atoms with E-state index in [2.05, 4.69) is 11.6 Å². The topological polar surface area (TPSA) is 86.7 Å². The minimum absolute atomic E-state index is 0.228. The van der Waals surface area contributed by atoms with Crippen LogP contribution in [0.3, 0.4) is 0 Å². The van der Waals surface area contributed by atoms with E-state index >= 15 is 0 Å². The van der Waals surface area contributed by atoms with Crippen LogP contribution in [-0.2, 0) is 24.4 Å². The SMILES string of the molecule is C=C1c2c(nc(CN(C)C(=O)OC(C)(C)C)n2CC)N(C)C(=O)N1Cc1cc2c(Cl)cccc2[nH]1. The van der Waals surface area contributed by atoms with Crippen LogP contribution in [-0.4, -0.2) is 56.2 Å². The Bertz CT molecular complexity index is 1320. The third-order valence-corrected chi connectivity index (χ3v) is 6.19. The van der Waals surface area contributed by atoms with E-state index in [0.29, 0.717) is 35.5 Å². The first-order chi connectivity index (χ1) is 16.4. The highest BCUT2D eigenvalue weighted by Gasteiger charge is 2.36. The zero-order valence-corrected chi connectivity index (χ0v) is 21.7. The van der Waals surface area contributed by atoms with Crippen LogP contribution in [0.4, 0.5) is 15.4 Å². The lowest BCUT2D eigenvalue weighted by atomic mass is 10.2. The van der Waals surface area contributed by atoms with Gasteiger partial charge < -0.3 is 19.2 Å². The van der Waals surface area contributed by atoms with Crippen molar-refractivity contribution in [1.82, 2.24) is 24.3 Å². The number of urea groups is 1. The lowest BCUT2D eigenvalue weighted by Gasteiger charge is -2.34. The number of carbonyl (C=O) groups excluding carboxylic acids is 2. The highest BCUT2D eigenvalue weighted by Crippen LogP contribution is 2.36. The van der Waals surface area contributed by atoms with E-state index in [1.165, 1.54) is 9.80 Å². The molecule has 0 spiro atoms. The van der Waals surface area contributed by atoms with Crippen molar-refractivity contribution in [3.63, 3.8) is 0 Å². The summed E-state index contributed by atoms with van der Waals surface area (Å²) in [4.78, 5) is 38.5. The second-order valence-electron chi connectivity index (χ2n) is 9.65. The van der Waals surface area contributed by atoms with Gasteiger partial charge in [0.25, 0.3) is 0 Å². The fourth-order valence-corrected chi connectivity index (χ4v) is 4.42. The molecule has 3 amide bonds. The molecule has 0 aliphatic carbocycles. The number of imidazole rings is 1. The number of hydrogen-bond donors (Lipinski definition) is 1. The van der Waals surface area contributed by atoms with E-state index in [1.54, 1.807) is 19.0 Å². The summed E-state index contributed by atoms with van der Waals surface area (Å²) < 4.78 is 7.45. The van der Waals surface area contributed by atoms with Gasteiger partial charge in [-0.25, -0.2) is 14.6 Å². The Morgan fingerprint density at radius 3 is 2.66 bits per heavy atom. The molecule has 35 heavy (non-hydrogen) atoms. The minimum Gasteiger partial charge on any atom is -0.444 e. The number of nitrogens with one attached hydrogen (secondary N) is 1. The number of ether oxygens (including phenoxy) is 1. The maximum absolute atomic E-state index is 13.3. The predicted octanol–water partition coefficient (Wildman–Crippen LogP) is 5.45. The maximum atomic E-state index is 13.3. The van der Waals surface area contributed by atoms with Crippen molar-refractivity contribution in [3.05, 3.63) is 53.1 Å². The van der Waals surface area contributed by atoms with Crippen LogP contribution in [0.15, 0.2) is 30.8 Å². The number of rotatable bonds is 5. The average Bonchev–Trinajstić information content (AvgIpc) is 3.36. The molecule has 1 N–H and O–H groups in total. The number of nitrogens with zero attached hydrogens (tertiary/aromatic N) is 5. The molecule has 9 nitrogen and oxygen atoms in total. The van der Waals surface area contributed by atoms with E-state index < -0.39 is 11.7 Å². The van der Waals surface area contributed by atoms with Crippen LogP contribution >= 0.6 is 11.6 Å². The maximum Gasteiger partial charge on any atom is 0.410 e. The average molecular weight is 499 g/mol. The second kappa shape index (κ2) is 8.96. The van der Waals surface area contributed by atoms with Crippen LogP contribution in [0.5, 0.6) is 0 Å². The van der Waals surface area contributed by atoms with Gasteiger partial charge in [-0.1, -0.05) is 24.2 Å². The molecule has 186 valence electrons. The molecule has 0 unspecified atom stereocenters. The minimum atomic E-state index is -0.598. The first-order valence-corrected chi connectivity index (χ1v) is 11.8. The number of anilines is 1. The summed E-state index contributed by atoms with van der Waals surface area (Å²) in [5, 5.41) is 1.55. The second-order valence-corrected chi connectivity index (χ2v) is 10.1. The lowest BCUT2D eigenvalue weighted by Crippen LogP contribution is -2.44. The Morgan fingerprint density at radius 2 is 2.03 bits per heavy atom. The number of halogens is 1. The molecule has 3 aromatic rings.